The Bertz CT molecular complexity index is 368. The molecule has 0 spiro atoms. The largest absolute Gasteiger partial charge is 0.508 e. The summed E-state index contributed by atoms with van der Waals surface area (Å²) in [5.41, 5.74) is -0.0715. The third kappa shape index (κ3) is 1.61. The Hall–Kier alpha value is -1.97. The second-order valence-corrected chi connectivity index (χ2v) is 2.44. The van der Waals surface area contributed by atoms with Crippen molar-refractivity contribution in [1.29, 1.82) is 0 Å². The van der Waals surface area contributed by atoms with Crippen LogP contribution in [0.15, 0.2) is 18.7 Å². The van der Waals surface area contributed by atoms with Gasteiger partial charge in [0.1, 0.15) is 17.1 Å². The topological polar surface area (TPSA) is 77.8 Å². The van der Waals surface area contributed by atoms with E-state index >= 15 is 0 Å². The molecule has 0 unspecified atom stereocenters. The average molecular weight is 180 g/mol. The number of aromatic carboxylic acids is 1. The van der Waals surface area contributed by atoms with Crippen LogP contribution < -0.4 is 0 Å². The first-order valence-corrected chi connectivity index (χ1v) is 3.48. The normalized spacial score (nSPS) is 9.54. The van der Waals surface area contributed by atoms with Crippen LogP contribution in [-0.2, 0) is 0 Å². The molecule has 1 rings (SSSR count). The lowest BCUT2D eigenvalue weighted by molar-refractivity contribution is 0.0693. The Balaban J connectivity index is 3.47. The molecule has 4 nitrogen and oxygen atoms in total. The van der Waals surface area contributed by atoms with E-state index in [9.17, 15) is 9.90 Å². The highest BCUT2D eigenvalue weighted by molar-refractivity contribution is 5.95. The monoisotopic (exact) mass is 180 g/mol. The Morgan fingerprint density at radius 1 is 1.38 bits per heavy atom. The van der Waals surface area contributed by atoms with Crippen molar-refractivity contribution < 1.29 is 20.1 Å². The van der Waals surface area contributed by atoms with E-state index in [-0.39, 0.29) is 16.9 Å². The van der Waals surface area contributed by atoms with Crippen molar-refractivity contribution in [3.63, 3.8) is 0 Å². The number of hydrogen-bond donors (Lipinski definition) is 3. The first-order chi connectivity index (χ1) is 6.06. The molecule has 13 heavy (non-hydrogen) atoms. The lowest BCUT2D eigenvalue weighted by atomic mass is 10.1. The highest BCUT2D eigenvalue weighted by Crippen LogP contribution is 2.27. The molecule has 3 N–H and O–H groups in total. The molecule has 1 aromatic rings. The minimum atomic E-state index is -1.26. The van der Waals surface area contributed by atoms with E-state index in [1.165, 1.54) is 12.1 Å². The zero-order chi connectivity index (χ0) is 10.0. The van der Waals surface area contributed by atoms with Gasteiger partial charge >= 0.3 is 5.97 Å². The van der Waals surface area contributed by atoms with Crippen molar-refractivity contribution in [3.8, 4) is 11.5 Å². The first kappa shape index (κ1) is 9.12. The van der Waals surface area contributed by atoms with Crippen molar-refractivity contribution in [2.24, 2.45) is 0 Å². The van der Waals surface area contributed by atoms with Gasteiger partial charge in [0.2, 0.25) is 0 Å². The first-order valence-electron chi connectivity index (χ1n) is 3.48. The molecular weight excluding hydrogens is 172 g/mol. The van der Waals surface area contributed by atoms with Gasteiger partial charge in [0.05, 0.1) is 0 Å². The maximum absolute atomic E-state index is 10.6. The molecule has 0 fully saturated rings. The number of rotatable bonds is 2. The fraction of sp³-hybridized carbons (Fsp3) is 0. The van der Waals surface area contributed by atoms with Gasteiger partial charge in [-0.15, -0.1) is 0 Å². The molecule has 0 saturated heterocycles. The van der Waals surface area contributed by atoms with Crippen LogP contribution in [0.25, 0.3) is 6.08 Å². The van der Waals surface area contributed by atoms with Crippen LogP contribution in [0.2, 0.25) is 0 Å². The molecule has 0 atom stereocenters. The molecule has 4 heteroatoms. The number of phenolic OH excluding ortho intramolecular Hbond substituents is 1. The van der Waals surface area contributed by atoms with Crippen molar-refractivity contribution in [2.75, 3.05) is 0 Å². The van der Waals surface area contributed by atoms with Crippen LogP contribution in [0.1, 0.15) is 15.9 Å². The highest BCUT2D eigenvalue weighted by Gasteiger charge is 2.14. The smallest absolute Gasteiger partial charge is 0.340 e. The second kappa shape index (κ2) is 3.18. The van der Waals surface area contributed by atoms with E-state index in [0.717, 1.165) is 6.07 Å². The number of hydrogen-bond acceptors (Lipinski definition) is 3. The highest BCUT2D eigenvalue weighted by atomic mass is 16.4. The quantitative estimate of drug-likeness (QED) is 0.643. The molecule has 0 radical (unpaired) electrons. The van der Waals surface area contributed by atoms with E-state index in [1.54, 1.807) is 0 Å². The minimum Gasteiger partial charge on any atom is -0.508 e. The van der Waals surface area contributed by atoms with E-state index in [4.69, 9.17) is 10.2 Å². The Labute approximate surface area is 74.4 Å². The molecule has 0 saturated carbocycles. The van der Waals surface area contributed by atoms with Crippen molar-refractivity contribution in [1.82, 2.24) is 0 Å². The molecule has 0 bridgehead atoms. The van der Waals surface area contributed by atoms with Gasteiger partial charge in [0.25, 0.3) is 0 Å². The van der Waals surface area contributed by atoms with Crippen LogP contribution in [0.4, 0.5) is 0 Å². The van der Waals surface area contributed by atoms with Crippen LogP contribution >= 0.6 is 0 Å². The Kier molecular flexibility index (Phi) is 2.23. The summed E-state index contributed by atoms with van der Waals surface area (Å²) < 4.78 is 0. The van der Waals surface area contributed by atoms with Crippen LogP contribution in [-0.4, -0.2) is 21.3 Å². The van der Waals surface area contributed by atoms with E-state index < -0.39 is 11.7 Å². The standard InChI is InChI=1S/C9H8O4/c1-2-5-3-6(10)4-7(11)8(5)9(12)13/h2-4,10-11H,1H2,(H,12,13). The van der Waals surface area contributed by atoms with E-state index in [0.29, 0.717) is 0 Å². The number of carboxylic acid groups (broad SMARTS) is 1. The summed E-state index contributed by atoms with van der Waals surface area (Å²) in [6, 6.07) is 2.19. The van der Waals surface area contributed by atoms with Gasteiger partial charge in [0.15, 0.2) is 0 Å². The van der Waals surface area contributed by atoms with E-state index in [2.05, 4.69) is 6.58 Å². The summed E-state index contributed by atoms with van der Waals surface area (Å²) in [6.45, 7) is 3.37. The molecule has 0 heterocycles. The lowest BCUT2D eigenvalue weighted by Crippen LogP contribution is -1.99. The zero-order valence-electron chi connectivity index (χ0n) is 6.69. The van der Waals surface area contributed by atoms with Gasteiger partial charge in [-0.25, -0.2) is 4.79 Å². The summed E-state index contributed by atoms with van der Waals surface area (Å²) in [7, 11) is 0. The third-order valence-corrected chi connectivity index (χ3v) is 1.57. The number of carbonyl (C=O) groups is 1. The molecule has 68 valence electrons. The van der Waals surface area contributed by atoms with Gasteiger partial charge in [-0.1, -0.05) is 12.7 Å². The maximum atomic E-state index is 10.6. The summed E-state index contributed by atoms with van der Waals surface area (Å²) in [6.07, 6.45) is 1.25. The fourth-order valence-corrected chi connectivity index (χ4v) is 1.03. The molecular formula is C9H8O4. The zero-order valence-corrected chi connectivity index (χ0v) is 6.69. The van der Waals surface area contributed by atoms with E-state index in [1.807, 2.05) is 0 Å². The summed E-state index contributed by atoms with van der Waals surface area (Å²) in [5, 5.41) is 26.9. The Morgan fingerprint density at radius 3 is 2.46 bits per heavy atom. The third-order valence-electron chi connectivity index (χ3n) is 1.57. The molecule has 1 aromatic carbocycles. The van der Waals surface area contributed by atoms with Crippen molar-refractivity contribution >= 4 is 12.0 Å². The van der Waals surface area contributed by atoms with Crippen LogP contribution in [0, 0.1) is 0 Å². The second-order valence-electron chi connectivity index (χ2n) is 2.44. The number of carboxylic acids is 1. The fourth-order valence-electron chi connectivity index (χ4n) is 1.03. The summed E-state index contributed by atoms with van der Waals surface area (Å²) in [4.78, 5) is 10.6. The summed E-state index contributed by atoms with van der Waals surface area (Å²) in [5.74, 6) is -1.92. The minimum absolute atomic E-state index is 0.185. The predicted molar refractivity (Wildman–Crippen MR) is 46.8 cm³/mol. The van der Waals surface area contributed by atoms with Gasteiger partial charge in [-0.3, -0.25) is 0 Å². The molecule has 0 amide bonds. The number of benzene rings is 1. The lowest BCUT2D eigenvalue weighted by Gasteiger charge is -2.04. The van der Waals surface area contributed by atoms with Crippen molar-refractivity contribution in [3.05, 3.63) is 29.8 Å². The van der Waals surface area contributed by atoms with Crippen LogP contribution in [0.3, 0.4) is 0 Å². The summed E-state index contributed by atoms with van der Waals surface area (Å²) >= 11 is 0. The maximum Gasteiger partial charge on any atom is 0.340 e. The molecule has 0 aliphatic heterocycles. The van der Waals surface area contributed by atoms with Gasteiger partial charge < -0.3 is 15.3 Å². The molecule has 0 aromatic heterocycles. The van der Waals surface area contributed by atoms with Crippen LogP contribution in [0.5, 0.6) is 11.5 Å². The molecule has 0 aliphatic carbocycles. The average Bonchev–Trinajstić information content (AvgIpc) is 2.01. The van der Waals surface area contributed by atoms with Gasteiger partial charge in [-0.05, 0) is 11.6 Å². The Morgan fingerprint density at radius 2 is 2.00 bits per heavy atom. The number of phenols is 2. The molecule has 0 aliphatic rings. The van der Waals surface area contributed by atoms with Gasteiger partial charge in [-0.2, -0.15) is 0 Å². The van der Waals surface area contributed by atoms with Gasteiger partial charge in [0, 0.05) is 6.07 Å². The predicted octanol–water partition coefficient (Wildman–Crippen LogP) is 1.44. The van der Waals surface area contributed by atoms with Crippen molar-refractivity contribution in [2.45, 2.75) is 0 Å². The SMILES string of the molecule is C=Cc1cc(O)cc(O)c1C(=O)O. The number of aromatic hydroxyl groups is 2.